The van der Waals surface area contributed by atoms with Crippen LogP contribution in [0.15, 0.2) is 24.3 Å². The molecule has 6 heteroatoms. The van der Waals surface area contributed by atoms with Crippen LogP contribution in [0, 0.1) is 0 Å². The molecule has 6 nitrogen and oxygen atoms in total. The third kappa shape index (κ3) is 4.84. The Labute approximate surface area is 154 Å². The van der Waals surface area contributed by atoms with E-state index in [0.29, 0.717) is 17.7 Å². The standard InChI is InChI=1S/C20H27N3O3/c24-18(21-14-8-4-2-1-3-5-9-14)13-12-17-20(26)22-16-11-7-6-10-15(16)19(25)23-17/h6-7,10-11,14,17H,1-5,8-9,12-13H2,(H,21,24)(H,22,26)(H,23,25). The van der Waals surface area contributed by atoms with Crippen molar-refractivity contribution in [3.05, 3.63) is 29.8 Å². The van der Waals surface area contributed by atoms with Gasteiger partial charge in [-0.1, -0.05) is 44.2 Å². The van der Waals surface area contributed by atoms with Crippen molar-refractivity contribution in [2.45, 2.75) is 69.9 Å². The van der Waals surface area contributed by atoms with Gasteiger partial charge in [0.1, 0.15) is 6.04 Å². The molecule has 1 unspecified atom stereocenters. The van der Waals surface area contributed by atoms with Crippen molar-refractivity contribution in [1.29, 1.82) is 0 Å². The molecule has 3 rings (SSSR count). The summed E-state index contributed by atoms with van der Waals surface area (Å²) in [5, 5.41) is 8.60. The van der Waals surface area contributed by atoms with Crippen LogP contribution in [-0.4, -0.2) is 29.8 Å². The molecule has 2 aliphatic rings. The topological polar surface area (TPSA) is 87.3 Å². The van der Waals surface area contributed by atoms with Gasteiger partial charge in [-0.05, 0) is 31.4 Å². The number of benzene rings is 1. The largest absolute Gasteiger partial charge is 0.353 e. The molecule has 1 heterocycles. The first-order valence-electron chi connectivity index (χ1n) is 9.63. The average Bonchev–Trinajstić information content (AvgIpc) is 2.72. The van der Waals surface area contributed by atoms with Crippen molar-refractivity contribution < 1.29 is 14.4 Å². The number of hydrogen-bond donors (Lipinski definition) is 3. The van der Waals surface area contributed by atoms with Gasteiger partial charge in [0.05, 0.1) is 11.3 Å². The molecular formula is C20H27N3O3. The molecule has 3 N–H and O–H groups in total. The van der Waals surface area contributed by atoms with E-state index in [4.69, 9.17) is 0 Å². The summed E-state index contributed by atoms with van der Waals surface area (Å²) in [6, 6.07) is 6.45. The Kier molecular flexibility index (Phi) is 6.26. The molecule has 0 radical (unpaired) electrons. The molecule has 0 aromatic heterocycles. The minimum Gasteiger partial charge on any atom is -0.353 e. The fraction of sp³-hybridized carbons (Fsp3) is 0.550. The summed E-state index contributed by atoms with van der Waals surface area (Å²) in [5.74, 6) is -0.606. The predicted molar refractivity (Wildman–Crippen MR) is 99.8 cm³/mol. The molecule has 1 saturated carbocycles. The molecule has 1 aliphatic carbocycles. The summed E-state index contributed by atoms with van der Waals surface area (Å²) >= 11 is 0. The molecule has 1 aliphatic heterocycles. The second-order valence-corrected chi connectivity index (χ2v) is 7.21. The Bertz CT molecular complexity index is 666. The fourth-order valence-electron chi connectivity index (χ4n) is 3.69. The lowest BCUT2D eigenvalue weighted by molar-refractivity contribution is -0.122. The maximum Gasteiger partial charge on any atom is 0.254 e. The molecule has 3 amide bonds. The summed E-state index contributed by atoms with van der Waals surface area (Å²) < 4.78 is 0. The first kappa shape index (κ1) is 18.4. The molecule has 0 saturated heterocycles. The first-order valence-corrected chi connectivity index (χ1v) is 9.63. The van der Waals surface area contributed by atoms with Gasteiger partial charge in [-0.3, -0.25) is 14.4 Å². The van der Waals surface area contributed by atoms with Gasteiger partial charge in [0, 0.05) is 12.5 Å². The van der Waals surface area contributed by atoms with Crippen LogP contribution in [0.25, 0.3) is 0 Å². The molecule has 140 valence electrons. The van der Waals surface area contributed by atoms with Crippen molar-refractivity contribution in [2.24, 2.45) is 0 Å². The van der Waals surface area contributed by atoms with Crippen LogP contribution in [-0.2, 0) is 9.59 Å². The van der Waals surface area contributed by atoms with Gasteiger partial charge in [0.2, 0.25) is 11.8 Å². The van der Waals surface area contributed by atoms with Gasteiger partial charge < -0.3 is 16.0 Å². The van der Waals surface area contributed by atoms with Crippen molar-refractivity contribution in [3.63, 3.8) is 0 Å². The Morgan fingerprint density at radius 2 is 1.73 bits per heavy atom. The third-order valence-electron chi connectivity index (χ3n) is 5.18. The van der Waals surface area contributed by atoms with E-state index in [0.717, 1.165) is 25.7 Å². The SMILES string of the molecule is O=C(CCC1NC(=O)c2ccccc2NC1=O)NC1CCCCCCC1. The highest BCUT2D eigenvalue weighted by Crippen LogP contribution is 2.20. The monoisotopic (exact) mass is 357 g/mol. The number of carbonyl (C=O) groups is 3. The summed E-state index contributed by atoms with van der Waals surface area (Å²) in [5.41, 5.74) is 0.957. The Morgan fingerprint density at radius 1 is 1.04 bits per heavy atom. The van der Waals surface area contributed by atoms with Crippen LogP contribution in [0.1, 0.15) is 68.1 Å². The molecule has 26 heavy (non-hydrogen) atoms. The Morgan fingerprint density at radius 3 is 2.50 bits per heavy atom. The zero-order valence-corrected chi connectivity index (χ0v) is 15.1. The van der Waals surface area contributed by atoms with Gasteiger partial charge in [-0.15, -0.1) is 0 Å². The van der Waals surface area contributed by atoms with Crippen LogP contribution in [0.5, 0.6) is 0 Å². The van der Waals surface area contributed by atoms with Crippen molar-refractivity contribution >= 4 is 23.4 Å². The number of anilines is 1. The third-order valence-corrected chi connectivity index (χ3v) is 5.18. The normalized spacial score (nSPS) is 21.5. The fourth-order valence-corrected chi connectivity index (χ4v) is 3.69. The molecule has 1 fully saturated rings. The van der Waals surface area contributed by atoms with Crippen LogP contribution in [0.4, 0.5) is 5.69 Å². The molecule has 1 atom stereocenters. The Balaban J connectivity index is 1.51. The minimum atomic E-state index is -0.696. The zero-order chi connectivity index (χ0) is 18.4. The molecular weight excluding hydrogens is 330 g/mol. The molecule has 0 spiro atoms. The summed E-state index contributed by atoms with van der Waals surface area (Å²) in [7, 11) is 0. The van der Waals surface area contributed by atoms with Gasteiger partial charge in [-0.2, -0.15) is 0 Å². The van der Waals surface area contributed by atoms with E-state index in [1.807, 2.05) is 0 Å². The van der Waals surface area contributed by atoms with Crippen LogP contribution >= 0.6 is 0 Å². The van der Waals surface area contributed by atoms with E-state index in [1.165, 1.54) is 19.3 Å². The number of fused-ring (bicyclic) bond motifs is 1. The minimum absolute atomic E-state index is 0.0422. The van der Waals surface area contributed by atoms with E-state index < -0.39 is 6.04 Å². The highest BCUT2D eigenvalue weighted by atomic mass is 16.2. The molecule has 1 aromatic carbocycles. The van der Waals surface area contributed by atoms with Crippen LogP contribution in [0.3, 0.4) is 0 Å². The van der Waals surface area contributed by atoms with Gasteiger partial charge >= 0.3 is 0 Å². The van der Waals surface area contributed by atoms with Gasteiger partial charge in [0.25, 0.3) is 5.91 Å². The van der Waals surface area contributed by atoms with E-state index in [2.05, 4.69) is 16.0 Å². The number of rotatable bonds is 4. The summed E-state index contributed by atoms with van der Waals surface area (Å²) in [4.78, 5) is 36.9. The number of nitrogens with one attached hydrogen (secondary N) is 3. The van der Waals surface area contributed by atoms with Gasteiger partial charge in [-0.25, -0.2) is 0 Å². The number of amides is 3. The van der Waals surface area contributed by atoms with Crippen LogP contribution < -0.4 is 16.0 Å². The highest BCUT2D eigenvalue weighted by molar-refractivity contribution is 6.09. The van der Waals surface area contributed by atoms with E-state index in [-0.39, 0.29) is 30.2 Å². The van der Waals surface area contributed by atoms with Crippen molar-refractivity contribution in [1.82, 2.24) is 10.6 Å². The van der Waals surface area contributed by atoms with E-state index in [9.17, 15) is 14.4 Å². The summed E-state index contributed by atoms with van der Waals surface area (Å²) in [6.07, 6.45) is 8.66. The predicted octanol–water partition coefficient (Wildman–Crippen LogP) is 2.75. The van der Waals surface area contributed by atoms with E-state index in [1.54, 1.807) is 24.3 Å². The van der Waals surface area contributed by atoms with E-state index >= 15 is 0 Å². The number of hydrogen-bond acceptors (Lipinski definition) is 3. The Hall–Kier alpha value is -2.37. The maximum absolute atomic E-state index is 12.4. The maximum atomic E-state index is 12.4. The zero-order valence-electron chi connectivity index (χ0n) is 15.1. The van der Waals surface area contributed by atoms with Gasteiger partial charge in [0.15, 0.2) is 0 Å². The second kappa shape index (κ2) is 8.83. The number of para-hydroxylation sites is 1. The lowest BCUT2D eigenvalue weighted by Gasteiger charge is -2.21. The number of carbonyl (C=O) groups excluding carboxylic acids is 3. The lowest BCUT2D eigenvalue weighted by Crippen LogP contribution is -2.42. The van der Waals surface area contributed by atoms with Crippen LogP contribution in [0.2, 0.25) is 0 Å². The second-order valence-electron chi connectivity index (χ2n) is 7.21. The first-order chi connectivity index (χ1) is 12.6. The smallest absolute Gasteiger partial charge is 0.254 e. The molecule has 0 bridgehead atoms. The van der Waals surface area contributed by atoms with Crippen molar-refractivity contribution in [3.8, 4) is 0 Å². The quantitative estimate of drug-likeness (QED) is 0.774. The molecule has 1 aromatic rings. The summed E-state index contributed by atoms with van der Waals surface area (Å²) in [6.45, 7) is 0. The lowest BCUT2D eigenvalue weighted by atomic mass is 9.96. The average molecular weight is 357 g/mol. The highest BCUT2D eigenvalue weighted by Gasteiger charge is 2.28. The van der Waals surface area contributed by atoms with Crippen molar-refractivity contribution in [2.75, 3.05) is 5.32 Å².